The molecule has 1 aliphatic rings. The summed E-state index contributed by atoms with van der Waals surface area (Å²) in [5, 5.41) is 9.91. The zero-order chi connectivity index (χ0) is 12.9. The predicted molar refractivity (Wildman–Crippen MR) is 70.3 cm³/mol. The minimum Gasteiger partial charge on any atom is -0.389 e. The van der Waals surface area contributed by atoms with Gasteiger partial charge in [0.2, 0.25) is 0 Å². The zero-order valence-electron chi connectivity index (χ0n) is 11.8. The van der Waals surface area contributed by atoms with Crippen molar-refractivity contribution in [2.45, 2.75) is 39.4 Å². The molecule has 0 aromatic heterocycles. The van der Waals surface area contributed by atoms with E-state index in [2.05, 4.69) is 16.7 Å². The quantitative estimate of drug-likeness (QED) is 0.776. The van der Waals surface area contributed by atoms with E-state index >= 15 is 0 Å². The highest BCUT2D eigenvalue weighted by Gasteiger charge is 2.19. The monoisotopic (exact) mass is 244 g/mol. The van der Waals surface area contributed by atoms with Gasteiger partial charge in [0.05, 0.1) is 18.3 Å². The molecule has 4 heteroatoms. The van der Waals surface area contributed by atoms with E-state index in [0.29, 0.717) is 6.61 Å². The van der Waals surface area contributed by atoms with Crippen LogP contribution in [-0.2, 0) is 4.74 Å². The van der Waals surface area contributed by atoms with Crippen LogP contribution in [0.5, 0.6) is 0 Å². The minimum absolute atomic E-state index is 0.165. The highest BCUT2D eigenvalue weighted by Crippen LogP contribution is 2.08. The fourth-order valence-electron chi connectivity index (χ4n) is 1.99. The molecule has 0 saturated carbocycles. The first kappa shape index (κ1) is 14.9. The molecule has 0 bridgehead atoms. The van der Waals surface area contributed by atoms with Gasteiger partial charge in [0.15, 0.2) is 0 Å². The molecule has 4 nitrogen and oxygen atoms in total. The van der Waals surface area contributed by atoms with Gasteiger partial charge in [-0.15, -0.1) is 0 Å². The van der Waals surface area contributed by atoms with Crippen molar-refractivity contribution >= 4 is 0 Å². The molecule has 0 aromatic carbocycles. The van der Waals surface area contributed by atoms with Crippen molar-refractivity contribution in [2.24, 2.45) is 0 Å². The Morgan fingerprint density at radius 1 is 1.12 bits per heavy atom. The topological polar surface area (TPSA) is 35.9 Å². The van der Waals surface area contributed by atoms with Gasteiger partial charge in [-0.25, -0.2) is 0 Å². The van der Waals surface area contributed by atoms with E-state index in [-0.39, 0.29) is 11.7 Å². The van der Waals surface area contributed by atoms with Crippen LogP contribution in [0.4, 0.5) is 0 Å². The maximum absolute atomic E-state index is 9.91. The Labute approximate surface area is 106 Å². The molecule has 0 aliphatic carbocycles. The second-order valence-corrected chi connectivity index (χ2v) is 5.81. The number of β-amino-alcohol motifs (C(OH)–C–C–N with tert-alkyl or cyclic N) is 1. The number of likely N-dealkylation sites (N-methyl/N-ethyl adjacent to an activating group) is 1. The van der Waals surface area contributed by atoms with Crippen LogP contribution in [0, 0.1) is 0 Å². The Balaban J connectivity index is 2.17. The van der Waals surface area contributed by atoms with Crippen LogP contribution in [0.25, 0.3) is 0 Å². The van der Waals surface area contributed by atoms with Crippen molar-refractivity contribution in [3.8, 4) is 0 Å². The third kappa shape index (κ3) is 6.36. The maximum Gasteiger partial charge on any atom is 0.0900 e. The van der Waals surface area contributed by atoms with Gasteiger partial charge in [-0.05, 0) is 27.3 Å². The van der Waals surface area contributed by atoms with Crippen LogP contribution in [0.3, 0.4) is 0 Å². The van der Waals surface area contributed by atoms with Crippen LogP contribution in [0.15, 0.2) is 0 Å². The fraction of sp³-hybridized carbons (Fsp3) is 1.00. The number of ether oxygens (including phenoxy) is 1. The van der Waals surface area contributed by atoms with Crippen molar-refractivity contribution in [2.75, 3.05) is 45.9 Å². The Morgan fingerprint density at radius 3 is 2.12 bits per heavy atom. The van der Waals surface area contributed by atoms with Crippen LogP contribution in [-0.4, -0.2) is 72.5 Å². The van der Waals surface area contributed by atoms with E-state index in [1.54, 1.807) is 0 Å². The highest BCUT2D eigenvalue weighted by molar-refractivity contribution is 4.74. The minimum atomic E-state index is -0.373. The van der Waals surface area contributed by atoms with E-state index in [4.69, 9.17) is 4.74 Å². The van der Waals surface area contributed by atoms with Gasteiger partial charge < -0.3 is 14.7 Å². The summed E-state index contributed by atoms with van der Waals surface area (Å²) in [6.45, 7) is 14.9. The van der Waals surface area contributed by atoms with Gasteiger partial charge in [-0.3, -0.25) is 4.90 Å². The second kappa shape index (κ2) is 6.69. The van der Waals surface area contributed by atoms with Crippen molar-refractivity contribution in [1.29, 1.82) is 0 Å². The molecule has 1 atom stereocenters. The summed E-state index contributed by atoms with van der Waals surface area (Å²) < 4.78 is 5.59. The third-order valence-electron chi connectivity index (χ3n) is 3.09. The summed E-state index contributed by atoms with van der Waals surface area (Å²) in [4.78, 5) is 4.76. The van der Waals surface area contributed by atoms with E-state index in [1.165, 1.54) is 0 Å². The molecule has 102 valence electrons. The molecular weight excluding hydrogens is 216 g/mol. The van der Waals surface area contributed by atoms with E-state index in [0.717, 1.165) is 39.3 Å². The molecule has 0 amide bonds. The number of hydrogen-bond donors (Lipinski definition) is 1. The first-order chi connectivity index (χ1) is 7.90. The van der Waals surface area contributed by atoms with Gasteiger partial charge >= 0.3 is 0 Å². The molecule has 0 radical (unpaired) electrons. The Kier molecular flexibility index (Phi) is 5.86. The van der Waals surface area contributed by atoms with Gasteiger partial charge in [0.1, 0.15) is 0 Å². The summed E-state index contributed by atoms with van der Waals surface area (Å²) in [5.74, 6) is 0. The second-order valence-electron chi connectivity index (χ2n) is 5.81. The molecule has 17 heavy (non-hydrogen) atoms. The van der Waals surface area contributed by atoms with Crippen LogP contribution < -0.4 is 0 Å². The normalized spacial score (nSPS) is 21.7. The predicted octanol–water partition coefficient (Wildman–Crippen LogP) is 0.800. The number of rotatable bonds is 5. The molecular formula is C13H28N2O2. The average Bonchev–Trinajstić information content (AvgIpc) is 2.27. The molecule has 1 fully saturated rings. The van der Waals surface area contributed by atoms with E-state index in [9.17, 15) is 5.11 Å². The Morgan fingerprint density at radius 2 is 1.65 bits per heavy atom. The zero-order valence-corrected chi connectivity index (χ0v) is 11.8. The summed E-state index contributed by atoms with van der Waals surface area (Å²) in [6, 6.07) is 0. The lowest BCUT2D eigenvalue weighted by molar-refractivity contribution is -0.0585. The van der Waals surface area contributed by atoms with E-state index in [1.807, 2.05) is 20.8 Å². The first-order valence-corrected chi connectivity index (χ1v) is 6.67. The third-order valence-corrected chi connectivity index (χ3v) is 3.09. The standard InChI is InChI=1S/C13H28N2O2/c1-5-14-6-8-15(9-7-14)10-12(16)11-17-13(2,3)4/h12,16H,5-11H2,1-4H3/t12-/m1/s1. The largest absolute Gasteiger partial charge is 0.389 e. The first-order valence-electron chi connectivity index (χ1n) is 6.67. The highest BCUT2D eigenvalue weighted by atomic mass is 16.5. The summed E-state index contributed by atoms with van der Waals surface area (Å²) >= 11 is 0. The van der Waals surface area contributed by atoms with Crippen molar-refractivity contribution in [3.05, 3.63) is 0 Å². The molecule has 0 unspecified atom stereocenters. The fourth-order valence-corrected chi connectivity index (χ4v) is 1.99. The lowest BCUT2D eigenvalue weighted by Gasteiger charge is -2.35. The average molecular weight is 244 g/mol. The summed E-state index contributed by atoms with van der Waals surface area (Å²) in [5.41, 5.74) is -0.165. The van der Waals surface area contributed by atoms with Crippen molar-refractivity contribution in [1.82, 2.24) is 9.80 Å². The number of hydrogen-bond acceptors (Lipinski definition) is 4. The lowest BCUT2D eigenvalue weighted by atomic mass is 10.2. The Bertz CT molecular complexity index is 208. The van der Waals surface area contributed by atoms with Gasteiger partial charge in [0, 0.05) is 32.7 Å². The van der Waals surface area contributed by atoms with Crippen LogP contribution >= 0.6 is 0 Å². The van der Waals surface area contributed by atoms with Gasteiger partial charge in [-0.1, -0.05) is 6.92 Å². The number of aliphatic hydroxyl groups excluding tert-OH is 1. The van der Waals surface area contributed by atoms with Gasteiger partial charge in [-0.2, -0.15) is 0 Å². The molecule has 0 spiro atoms. The molecule has 1 rings (SSSR count). The molecule has 1 aliphatic heterocycles. The van der Waals surface area contributed by atoms with Crippen molar-refractivity contribution < 1.29 is 9.84 Å². The van der Waals surface area contributed by atoms with Crippen molar-refractivity contribution in [3.63, 3.8) is 0 Å². The summed E-state index contributed by atoms with van der Waals surface area (Å²) in [6.07, 6.45) is -0.373. The number of nitrogens with zero attached hydrogens (tertiary/aromatic N) is 2. The maximum atomic E-state index is 9.91. The SMILES string of the molecule is CCN1CCN(C[C@@H](O)COC(C)(C)C)CC1. The van der Waals surface area contributed by atoms with E-state index < -0.39 is 0 Å². The molecule has 1 saturated heterocycles. The Hall–Kier alpha value is -0.160. The molecule has 1 heterocycles. The van der Waals surface area contributed by atoms with Crippen LogP contribution in [0.2, 0.25) is 0 Å². The number of piperazine rings is 1. The smallest absolute Gasteiger partial charge is 0.0900 e. The molecule has 0 aromatic rings. The summed E-state index contributed by atoms with van der Waals surface area (Å²) in [7, 11) is 0. The number of aliphatic hydroxyl groups is 1. The van der Waals surface area contributed by atoms with Gasteiger partial charge in [0.25, 0.3) is 0 Å². The van der Waals surface area contributed by atoms with Crippen LogP contribution in [0.1, 0.15) is 27.7 Å². The lowest BCUT2D eigenvalue weighted by Crippen LogP contribution is -2.49. The molecule has 1 N–H and O–H groups in total.